The van der Waals surface area contributed by atoms with Crippen molar-refractivity contribution in [3.05, 3.63) is 33.4 Å². The Morgan fingerprint density at radius 3 is 2.29 bits per heavy atom. The lowest BCUT2D eigenvalue weighted by Gasteiger charge is -2.21. The molecular formula is C13H19IN2O4S. The Kier molecular flexibility index (Phi) is 7.04. The van der Waals surface area contributed by atoms with Crippen LogP contribution in [0.4, 0.5) is 0 Å². The highest BCUT2D eigenvalue weighted by Gasteiger charge is 2.20. The third-order valence-corrected chi connectivity index (χ3v) is 5.40. The normalized spacial score (nSPS) is 11.9. The fourth-order valence-electron chi connectivity index (χ4n) is 1.50. The Labute approximate surface area is 139 Å². The van der Waals surface area contributed by atoms with Gasteiger partial charge < -0.3 is 4.74 Å². The molecule has 8 heteroatoms. The van der Waals surface area contributed by atoms with Gasteiger partial charge in [0.15, 0.2) is 0 Å². The number of carbonyl (C=O) groups excluding carboxylic acids is 1. The third kappa shape index (κ3) is 5.89. The van der Waals surface area contributed by atoms with E-state index in [4.69, 9.17) is 4.74 Å². The molecule has 0 aliphatic rings. The molecule has 1 rings (SSSR count). The predicted octanol–water partition coefficient (Wildman–Crippen LogP) is 1.12. The number of hydrogen-bond acceptors (Lipinski definition) is 4. The van der Waals surface area contributed by atoms with E-state index >= 15 is 0 Å². The molecule has 0 saturated carbocycles. The van der Waals surface area contributed by atoms with Gasteiger partial charge >= 0.3 is 5.97 Å². The zero-order valence-corrected chi connectivity index (χ0v) is 15.2. The first-order chi connectivity index (χ1) is 9.73. The van der Waals surface area contributed by atoms with E-state index in [0.29, 0.717) is 0 Å². The van der Waals surface area contributed by atoms with Crippen molar-refractivity contribution in [1.29, 1.82) is 0 Å². The maximum Gasteiger partial charge on any atom is 0.310 e. The molecule has 0 N–H and O–H groups in total. The number of carbonyl (C=O) groups is 1. The molecule has 0 spiro atoms. The molecule has 0 amide bonds. The van der Waals surface area contributed by atoms with Crippen LogP contribution >= 0.6 is 22.6 Å². The van der Waals surface area contributed by atoms with Gasteiger partial charge in [-0.25, -0.2) is 0 Å². The molecule has 1 aromatic rings. The van der Waals surface area contributed by atoms with E-state index in [9.17, 15) is 13.2 Å². The number of benzene rings is 1. The highest BCUT2D eigenvalue weighted by atomic mass is 127. The molecule has 0 saturated heterocycles. The van der Waals surface area contributed by atoms with Gasteiger partial charge in [0.2, 0.25) is 0 Å². The molecule has 0 bridgehead atoms. The fraction of sp³-hybridized carbons (Fsp3) is 0.462. The van der Waals surface area contributed by atoms with E-state index < -0.39 is 10.2 Å². The first-order valence-corrected chi connectivity index (χ1v) is 8.75. The lowest BCUT2D eigenvalue weighted by molar-refractivity contribution is -0.142. The van der Waals surface area contributed by atoms with Crippen LogP contribution in [0.2, 0.25) is 0 Å². The molecule has 0 radical (unpaired) electrons. The Balaban J connectivity index is 2.39. The summed E-state index contributed by atoms with van der Waals surface area (Å²) in [5, 5.41) is 0. The molecular weight excluding hydrogens is 407 g/mol. The summed E-state index contributed by atoms with van der Waals surface area (Å²) in [6.45, 7) is 0.158. The number of nitrogens with zero attached hydrogens (tertiary/aromatic N) is 2. The van der Waals surface area contributed by atoms with Gasteiger partial charge in [0.25, 0.3) is 10.2 Å². The number of halogens is 1. The third-order valence-electron chi connectivity index (χ3n) is 2.79. The summed E-state index contributed by atoms with van der Waals surface area (Å²) < 4.78 is 31.9. The molecule has 0 aliphatic heterocycles. The Morgan fingerprint density at radius 2 is 1.76 bits per heavy atom. The molecule has 0 aliphatic carbocycles. The highest BCUT2D eigenvalue weighted by Crippen LogP contribution is 2.08. The molecule has 1 aromatic carbocycles. The first-order valence-electron chi connectivity index (χ1n) is 6.27. The maximum atomic E-state index is 11.7. The van der Waals surface area contributed by atoms with Crippen LogP contribution in [0, 0.1) is 3.57 Å². The lowest BCUT2D eigenvalue weighted by atomic mass is 10.2. The number of esters is 1. The second-order valence-corrected chi connectivity index (χ2v) is 8.13. The van der Waals surface area contributed by atoms with Crippen molar-refractivity contribution in [3.63, 3.8) is 0 Å². The van der Waals surface area contributed by atoms with E-state index in [2.05, 4.69) is 22.6 Å². The molecule has 0 aromatic heterocycles. The van der Waals surface area contributed by atoms with Crippen LogP contribution in [0.1, 0.15) is 5.56 Å². The van der Waals surface area contributed by atoms with Crippen LogP contribution in [0.25, 0.3) is 0 Å². The molecule has 6 nitrogen and oxygen atoms in total. The molecule has 118 valence electrons. The van der Waals surface area contributed by atoms with Crippen LogP contribution in [0.3, 0.4) is 0 Å². The molecule has 0 fully saturated rings. The second-order valence-electron chi connectivity index (χ2n) is 4.64. The second kappa shape index (κ2) is 8.06. The van der Waals surface area contributed by atoms with E-state index in [1.165, 1.54) is 21.1 Å². The van der Waals surface area contributed by atoms with Gasteiger partial charge in [-0.2, -0.15) is 17.0 Å². The van der Waals surface area contributed by atoms with Crippen LogP contribution in [0.15, 0.2) is 24.3 Å². The summed E-state index contributed by atoms with van der Waals surface area (Å²) in [5.74, 6) is -0.369. The minimum Gasteiger partial charge on any atom is -0.464 e. The summed E-state index contributed by atoms with van der Waals surface area (Å²) in [6.07, 6.45) is 0.182. The van der Waals surface area contributed by atoms with Crippen molar-refractivity contribution in [2.45, 2.75) is 6.42 Å². The van der Waals surface area contributed by atoms with Crippen molar-refractivity contribution in [2.24, 2.45) is 0 Å². The van der Waals surface area contributed by atoms with E-state index in [0.717, 1.165) is 17.7 Å². The maximum absolute atomic E-state index is 11.7. The van der Waals surface area contributed by atoms with Crippen LogP contribution < -0.4 is 0 Å². The summed E-state index contributed by atoms with van der Waals surface area (Å²) in [5.41, 5.74) is 0.870. The zero-order chi connectivity index (χ0) is 16.0. The minimum absolute atomic E-state index is 0.0345. The summed E-state index contributed by atoms with van der Waals surface area (Å²) in [4.78, 5) is 11.7. The monoisotopic (exact) mass is 426 g/mol. The Bertz CT molecular complexity index is 572. The molecule has 0 atom stereocenters. The van der Waals surface area contributed by atoms with Gasteiger partial charge in [0, 0.05) is 31.3 Å². The van der Waals surface area contributed by atoms with Gasteiger partial charge in [-0.1, -0.05) is 12.1 Å². The molecule has 0 heterocycles. The Morgan fingerprint density at radius 1 is 1.19 bits per heavy atom. The smallest absolute Gasteiger partial charge is 0.310 e. The van der Waals surface area contributed by atoms with Gasteiger partial charge in [-0.05, 0) is 40.3 Å². The van der Waals surface area contributed by atoms with Crippen molar-refractivity contribution in [3.8, 4) is 0 Å². The largest absolute Gasteiger partial charge is 0.464 e. The number of likely N-dealkylation sites (N-methyl/N-ethyl adjacent to an activating group) is 1. The first kappa shape index (κ1) is 18.3. The number of ether oxygens (including phenoxy) is 1. The van der Waals surface area contributed by atoms with Crippen molar-refractivity contribution in [2.75, 3.05) is 34.3 Å². The fourth-order valence-corrected chi connectivity index (χ4v) is 2.72. The summed E-state index contributed by atoms with van der Waals surface area (Å²) in [6, 6.07) is 7.57. The standard InChI is InChI=1S/C13H19IN2O4S/c1-15(2)21(18,19)16(3)8-9-20-13(17)10-11-4-6-12(14)7-5-11/h4-7H,8-10H2,1-3H3. The number of rotatable bonds is 7. The van der Waals surface area contributed by atoms with Crippen molar-refractivity contribution in [1.82, 2.24) is 8.61 Å². The summed E-state index contributed by atoms with van der Waals surface area (Å²) >= 11 is 2.19. The minimum atomic E-state index is -3.46. The summed E-state index contributed by atoms with van der Waals surface area (Å²) in [7, 11) is 0.889. The van der Waals surface area contributed by atoms with E-state index in [1.54, 1.807) is 0 Å². The average molecular weight is 426 g/mol. The molecule has 21 heavy (non-hydrogen) atoms. The van der Waals surface area contributed by atoms with Gasteiger partial charge in [-0.15, -0.1) is 0 Å². The highest BCUT2D eigenvalue weighted by molar-refractivity contribution is 14.1. The van der Waals surface area contributed by atoms with Crippen LogP contribution in [-0.4, -0.2) is 57.3 Å². The van der Waals surface area contributed by atoms with Gasteiger partial charge in [0.05, 0.1) is 6.42 Å². The van der Waals surface area contributed by atoms with Crippen LogP contribution in [-0.2, 0) is 26.2 Å². The van der Waals surface area contributed by atoms with E-state index in [-0.39, 0.29) is 25.5 Å². The quantitative estimate of drug-likeness (QED) is 0.484. The molecule has 0 unspecified atom stereocenters. The van der Waals surface area contributed by atoms with E-state index in [1.807, 2.05) is 24.3 Å². The van der Waals surface area contributed by atoms with Crippen molar-refractivity contribution < 1.29 is 17.9 Å². The van der Waals surface area contributed by atoms with Crippen molar-refractivity contribution >= 4 is 38.8 Å². The van der Waals surface area contributed by atoms with Gasteiger partial charge in [0.1, 0.15) is 6.61 Å². The Hall–Kier alpha value is -0.710. The SMILES string of the molecule is CN(C)S(=O)(=O)N(C)CCOC(=O)Cc1ccc(I)cc1. The zero-order valence-electron chi connectivity index (χ0n) is 12.2. The lowest BCUT2D eigenvalue weighted by Crippen LogP contribution is -2.39. The number of hydrogen-bond donors (Lipinski definition) is 0. The predicted molar refractivity (Wildman–Crippen MR) is 89.1 cm³/mol. The van der Waals surface area contributed by atoms with Gasteiger partial charge in [-0.3, -0.25) is 4.79 Å². The average Bonchev–Trinajstić information content (AvgIpc) is 2.41. The topological polar surface area (TPSA) is 66.9 Å². The van der Waals surface area contributed by atoms with Crippen LogP contribution in [0.5, 0.6) is 0 Å².